The maximum Gasteiger partial charge on any atom is 0.0332 e. The van der Waals surface area contributed by atoms with E-state index in [-0.39, 0.29) is 0 Å². The lowest BCUT2D eigenvalue weighted by Gasteiger charge is -2.04. The molecule has 5 nitrogen and oxygen atoms in total. The maximum absolute atomic E-state index is 8.18. The van der Waals surface area contributed by atoms with Crippen molar-refractivity contribution in [2.45, 2.75) is 0 Å². The van der Waals surface area contributed by atoms with Crippen LogP contribution >= 0.6 is 0 Å². The lowest BCUT2D eigenvalue weighted by molar-refractivity contribution is 0.167. The lowest BCUT2D eigenvalue weighted by Crippen LogP contribution is -2.33. The Morgan fingerprint density at radius 3 is 2.00 bits per heavy atom. The minimum absolute atomic E-state index is 0.580. The van der Waals surface area contributed by atoms with Crippen LogP contribution in [0, 0.1) is 0 Å². The summed E-state index contributed by atoms with van der Waals surface area (Å²) in [7, 11) is 0. The molecule has 0 aliphatic heterocycles. The monoisotopic (exact) mass is 162 g/mol. The zero-order valence-corrected chi connectivity index (χ0v) is 6.77. The highest BCUT2D eigenvalue weighted by Gasteiger charge is 1.85. The van der Waals surface area contributed by atoms with Crippen LogP contribution in [-0.2, 0) is 0 Å². The fourth-order valence-corrected chi connectivity index (χ4v) is 0.673. The van der Waals surface area contributed by atoms with Crippen molar-refractivity contribution in [1.82, 2.24) is 16.1 Å². The molecule has 6 N–H and O–H groups in total. The molecule has 0 heterocycles. The number of nitrogens with two attached hydrogens (primary N) is 1. The smallest absolute Gasteiger partial charge is 0.0332 e. The molecule has 0 bridgehead atoms. The number of nitrogens with one attached hydrogen (secondary N) is 3. The first kappa shape index (κ1) is 10.8. The average Bonchev–Trinajstić information content (AvgIpc) is 2.03. The highest BCUT2D eigenvalue weighted by molar-refractivity contribution is 4.52. The summed E-state index contributed by atoms with van der Waals surface area (Å²) in [6.07, 6.45) is 0. The molecule has 0 aromatic heterocycles. The van der Waals surface area contributed by atoms with Crippen molar-refractivity contribution in [1.29, 1.82) is 0 Å². The molecule has 0 aliphatic rings. The average molecular weight is 162 g/mol. The first-order chi connectivity index (χ1) is 5.41. The van der Waals surface area contributed by atoms with Crippen LogP contribution in [0.25, 0.3) is 0 Å². The van der Waals surface area contributed by atoms with E-state index < -0.39 is 0 Å². The first-order valence-electron chi connectivity index (χ1n) is 3.90. The van der Waals surface area contributed by atoms with E-state index in [0.717, 1.165) is 26.2 Å². The van der Waals surface area contributed by atoms with Crippen LogP contribution < -0.4 is 21.8 Å². The molecule has 0 aliphatic carbocycles. The van der Waals surface area contributed by atoms with Crippen LogP contribution in [0.15, 0.2) is 0 Å². The number of hydrogen-bond donors (Lipinski definition) is 5. The van der Waals surface area contributed by atoms with Gasteiger partial charge in [0.05, 0.1) is 0 Å². The Morgan fingerprint density at radius 1 is 0.909 bits per heavy atom. The van der Waals surface area contributed by atoms with Gasteiger partial charge < -0.3 is 21.6 Å². The van der Waals surface area contributed by atoms with E-state index in [2.05, 4.69) is 16.1 Å². The Morgan fingerprint density at radius 2 is 1.45 bits per heavy atom. The highest BCUT2D eigenvalue weighted by Crippen LogP contribution is 1.58. The van der Waals surface area contributed by atoms with Crippen molar-refractivity contribution in [3.63, 3.8) is 0 Å². The largest absolute Gasteiger partial charge is 0.329 e. The molecule has 0 unspecified atom stereocenters. The highest BCUT2D eigenvalue weighted by atomic mass is 16.5. The normalized spacial score (nSPS) is 10.4. The Hall–Kier alpha value is -0.200. The predicted molar refractivity (Wildman–Crippen MR) is 44.6 cm³/mol. The van der Waals surface area contributed by atoms with Crippen LogP contribution in [0.2, 0.25) is 0 Å². The minimum atomic E-state index is 0.580. The van der Waals surface area contributed by atoms with E-state index >= 15 is 0 Å². The molecule has 0 atom stereocenters. The van der Waals surface area contributed by atoms with Crippen LogP contribution in [-0.4, -0.2) is 44.5 Å². The SMILES string of the molecule is NCCNCCNCCNO. The van der Waals surface area contributed by atoms with E-state index in [1.807, 2.05) is 0 Å². The van der Waals surface area contributed by atoms with Crippen molar-refractivity contribution in [3.05, 3.63) is 0 Å². The fraction of sp³-hybridized carbons (Fsp3) is 1.00. The lowest BCUT2D eigenvalue weighted by atomic mass is 10.5. The number of hydroxylamine groups is 1. The van der Waals surface area contributed by atoms with Gasteiger partial charge in [-0.15, -0.1) is 0 Å². The molecule has 68 valence electrons. The Bertz CT molecular complexity index is 63.6. The molecule has 0 fully saturated rings. The Balaban J connectivity index is 2.69. The summed E-state index contributed by atoms with van der Waals surface area (Å²) in [5, 5.41) is 14.4. The zero-order chi connectivity index (χ0) is 8.36. The van der Waals surface area contributed by atoms with Crippen LogP contribution in [0.4, 0.5) is 0 Å². The van der Waals surface area contributed by atoms with Gasteiger partial charge in [-0.2, -0.15) is 0 Å². The van der Waals surface area contributed by atoms with Crippen LogP contribution in [0.5, 0.6) is 0 Å². The second kappa shape index (κ2) is 9.80. The van der Waals surface area contributed by atoms with Crippen molar-refractivity contribution in [2.24, 2.45) is 5.73 Å². The molecular formula is C6H18N4O. The van der Waals surface area contributed by atoms with Crippen LogP contribution in [0.1, 0.15) is 0 Å². The Kier molecular flexibility index (Phi) is 9.62. The van der Waals surface area contributed by atoms with Gasteiger partial charge in [0.2, 0.25) is 0 Å². The van der Waals surface area contributed by atoms with Gasteiger partial charge in [-0.05, 0) is 0 Å². The fourth-order valence-electron chi connectivity index (χ4n) is 0.673. The van der Waals surface area contributed by atoms with E-state index in [4.69, 9.17) is 10.9 Å². The molecule has 0 rings (SSSR count). The van der Waals surface area contributed by atoms with E-state index in [1.165, 1.54) is 0 Å². The third-order valence-electron chi connectivity index (χ3n) is 1.21. The molecule has 0 spiro atoms. The van der Waals surface area contributed by atoms with Gasteiger partial charge in [0.1, 0.15) is 0 Å². The molecule has 0 aromatic rings. The van der Waals surface area contributed by atoms with Gasteiger partial charge in [0.25, 0.3) is 0 Å². The van der Waals surface area contributed by atoms with Gasteiger partial charge in [-0.3, -0.25) is 0 Å². The maximum atomic E-state index is 8.18. The molecule has 0 saturated carbocycles. The number of hydrogen-bond acceptors (Lipinski definition) is 5. The summed E-state index contributed by atoms with van der Waals surface area (Å²) in [4.78, 5) is 0. The van der Waals surface area contributed by atoms with E-state index in [0.29, 0.717) is 13.1 Å². The molecule has 0 radical (unpaired) electrons. The Labute approximate surface area is 67.3 Å². The van der Waals surface area contributed by atoms with Crippen molar-refractivity contribution >= 4 is 0 Å². The van der Waals surface area contributed by atoms with Gasteiger partial charge in [-0.1, -0.05) is 0 Å². The van der Waals surface area contributed by atoms with Crippen molar-refractivity contribution in [2.75, 3.05) is 39.3 Å². The summed E-state index contributed by atoms with van der Waals surface area (Å²) < 4.78 is 0. The quantitative estimate of drug-likeness (QED) is 0.213. The molecule has 11 heavy (non-hydrogen) atoms. The molecular weight excluding hydrogens is 144 g/mol. The zero-order valence-electron chi connectivity index (χ0n) is 6.77. The van der Waals surface area contributed by atoms with E-state index in [1.54, 1.807) is 0 Å². The third-order valence-corrected chi connectivity index (χ3v) is 1.21. The topological polar surface area (TPSA) is 82.3 Å². The second-order valence-corrected chi connectivity index (χ2v) is 2.20. The first-order valence-corrected chi connectivity index (χ1v) is 3.90. The molecule has 0 saturated heterocycles. The standard InChI is InChI=1S/C6H18N4O/c7-1-2-8-3-4-9-5-6-10-11/h8-11H,1-7H2. The predicted octanol–water partition coefficient (Wildman–Crippen LogP) is -1.90. The summed E-state index contributed by atoms with van der Waals surface area (Å²) >= 11 is 0. The second-order valence-electron chi connectivity index (χ2n) is 2.20. The summed E-state index contributed by atoms with van der Waals surface area (Å²) in [5.41, 5.74) is 7.33. The minimum Gasteiger partial charge on any atom is -0.329 e. The molecule has 5 heteroatoms. The van der Waals surface area contributed by atoms with Gasteiger partial charge in [0.15, 0.2) is 0 Å². The van der Waals surface area contributed by atoms with Crippen molar-refractivity contribution < 1.29 is 5.21 Å². The van der Waals surface area contributed by atoms with Gasteiger partial charge >= 0.3 is 0 Å². The van der Waals surface area contributed by atoms with Gasteiger partial charge in [0, 0.05) is 39.3 Å². The third kappa shape index (κ3) is 9.80. The van der Waals surface area contributed by atoms with Crippen molar-refractivity contribution in [3.8, 4) is 0 Å². The van der Waals surface area contributed by atoms with Crippen LogP contribution in [0.3, 0.4) is 0 Å². The summed E-state index contributed by atoms with van der Waals surface area (Å²) in [6, 6.07) is 0. The van der Waals surface area contributed by atoms with E-state index in [9.17, 15) is 0 Å². The molecule has 0 aromatic carbocycles. The molecule has 0 amide bonds. The van der Waals surface area contributed by atoms with Gasteiger partial charge in [-0.25, -0.2) is 5.48 Å². The summed E-state index contributed by atoms with van der Waals surface area (Å²) in [6.45, 7) is 4.72. The summed E-state index contributed by atoms with van der Waals surface area (Å²) in [5.74, 6) is 0. The number of rotatable bonds is 8.